The zero-order chi connectivity index (χ0) is 19.6. The number of nitrogens with one attached hydrogen (secondary N) is 3. The fourth-order valence-corrected chi connectivity index (χ4v) is 3.38. The van der Waals surface area contributed by atoms with Crippen LogP contribution in [0.15, 0.2) is 72.9 Å². The number of carbonyl (C=O) groups excluding carboxylic acids is 1. The molecular formula is C22H18N6O. The Morgan fingerprint density at radius 2 is 1.55 bits per heavy atom. The summed E-state index contributed by atoms with van der Waals surface area (Å²) in [5, 5.41) is 3.05. The predicted octanol–water partition coefficient (Wildman–Crippen LogP) is 3.55. The van der Waals surface area contributed by atoms with Crippen molar-refractivity contribution in [2.24, 2.45) is 0 Å². The van der Waals surface area contributed by atoms with Gasteiger partial charge in [-0.2, -0.15) is 0 Å². The molecule has 1 unspecified atom stereocenters. The van der Waals surface area contributed by atoms with E-state index in [1.807, 2.05) is 48.5 Å². The van der Waals surface area contributed by atoms with Gasteiger partial charge in [-0.05, 0) is 36.4 Å². The van der Waals surface area contributed by atoms with Crippen molar-refractivity contribution < 1.29 is 4.79 Å². The highest BCUT2D eigenvalue weighted by molar-refractivity contribution is 5.92. The SMILES string of the molecule is O=C(NC(Cc1nc2ccccc2[nH]1)c1nc2ccccc2[nH]1)c1ccccn1. The lowest BCUT2D eigenvalue weighted by Crippen LogP contribution is -2.31. The number of H-pyrrole nitrogens is 2. The highest BCUT2D eigenvalue weighted by Crippen LogP contribution is 2.21. The van der Waals surface area contributed by atoms with Gasteiger partial charge < -0.3 is 15.3 Å². The molecule has 2 aromatic carbocycles. The maximum Gasteiger partial charge on any atom is 0.270 e. The third-order valence-corrected chi connectivity index (χ3v) is 4.78. The summed E-state index contributed by atoms with van der Waals surface area (Å²) in [4.78, 5) is 32.9. The summed E-state index contributed by atoms with van der Waals surface area (Å²) in [6.07, 6.45) is 2.07. The van der Waals surface area contributed by atoms with Crippen LogP contribution in [0.2, 0.25) is 0 Å². The summed E-state index contributed by atoms with van der Waals surface area (Å²) >= 11 is 0. The number of amides is 1. The molecule has 7 nitrogen and oxygen atoms in total. The predicted molar refractivity (Wildman–Crippen MR) is 110 cm³/mol. The molecule has 0 bridgehead atoms. The first-order chi connectivity index (χ1) is 14.3. The second-order valence-electron chi connectivity index (χ2n) is 6.78. The van der Waals surface area contributed by atoms with Crippen LogP contribution in [0.4, 0.5) is 0 Å². The number of rotatable bonds is 5. The van der Waals surface area contributed by atoms with Gasteiger partial charge in [0.25, 0.3) is 5.91 Å². The normalized spacial score (nSPS) is 12.3. The molecule has 0 spiro atoms. The Bertz CT molecular complexity index is 1220. The average Bonchev–Trinajstić information content (AvgIpc) is 3.37. The first kappa shape index (κ1) is 17.1. The third kappa shape index (κ3) is 3.45. The van der Waals surface area contributed by atoms with Crippen LogP contribution in [0, 0.1) is 0 Å². The van der Waals surface area contributed by atoms with Gasteiger partial charge in [-0.15, -0.1) is 0 Å². The molecule has 29 heavy (non-hydrogen) atoms. The smallest absolute Gasteiger partial charge is 0.270 e. The van der Waals surface area contributed by atoms with Gasteiger partial charge in [0.05, 0.1) is 28.1 Å². The molecule has 1 atom stereocenters. The molecule has 0 saturated carbocycles. The van der Waals surface area contributed by atoms with E-state index in [2.05, 4.69) is 30.2 Å². The summed E-state index contributed by atoms with van der Waals surface area (Å²) in [5.74, 6) is 1.20. The molecule has 1 amide bonds. The topological polar surface area (TPSA) is 99.4 Å². The van der Waals surface area contributed by atoms with Crippen molar-refractivity contribution in [1.29, 1.82) is 0 Å². The lowest BCUT2D eigenvalue weighted by atomic mass is 10.1. The second kappa shape index (κ2) is 7.20. The zero-order valence-corrected chi connectivity index (χ0v) is 15.5. The van der Waals surface area contributed by atoms with Crippen molar-refractivity contribution in [2.45, 2.75) is 12.5 Å². The van der Waals surface area contributed by atoms with Crippen molar-refractivity contribution in [3.63, 3.8) is 0 Å². The standard InChI is InChI=1S/C22H18N6O/c29-22(18-11-5-6-12-23-18)28-19(21-26-16-9-3-4-10-17(16)27-21)13-20-24-14-7-1-2-8-15(14)25-20/h1-12,19H,13H2,(H,24,25)(H,26,27)(H,28,29). The lowest BCUT2D eigenvalue weighted by Gasteiger charge is -2.15. The van der Waals surface area contributed by atoms with Crippen LogP contribution >= 0.6 is 0 Å². The first-order valence-corrected chi connectivity index (χ1v) is 9.36. The minimum atomic E-state index is -0.391. The summed E-state index contributed by atoms with van der Waals surface area (Å²) in [5.41, 5.74) is 3.98. The van der Waals surface area contributed by atoms with Crippen LogP contribution in [0.1, 0.15) is 28.2 Å². The highest BCUT2D eigenvalue weighted by atomic mass is 16.1. The Morgan fingerprint density at radius 3 is 2.24 bits per heavy atom. The van der Waals surface area contributed by atoms with E-state index >= 15 is 0 Å². The molecule has 0 aliphatic heterocycles. The van der Waals surface area contributed by atoms with Gasteiger partial charge in [-0.25, -0.2) is 9.97 Å². The summed E-state index contributed by atoms with van der Waals surface area (Å²) in [7, 11) is 0. The van der Waals surface area contributed by atoms with Crippen LogP contribution in [-0.2, 0) is 6.42 Å². The van der Waals surface area contributed by atoms with E-state index in [0.717, 1.165) is 27.9 Å². The number of aromatic nitrogens is 5. The summed E-state index contributed by atoms with van der Waals surface area (Å²) in [6, 6.07) is 20.5. The largest absolute Gasteiger partial charge is 0.342 e. The quantitative estimate of drug-likeness (QED) is 0.433. The molecule has 0 aliphatic rings. The van der Waals surface area contributed by atoms with E-state index in [0.29, 0.717) is 17.9 Å². The molecule has 5 aromatic rings. The third-order valence-electron chi connectivity index (χ3n) is 4.78. The second-order valence-corrected chi connectivity index (χ2v) is 6.78. The maximum absolute atomic E-state index is 12.8. The molecule has 0 radical (unpaired) electrons. The Kier molecular flexibility index (Phi) is 4.25. The fraction of sp³-hybridized carbons (Fsp3) is 0.0909. The molecule has 0 fully saturated rings. The highest BCUT2D eigenvalue weighted by Gasteiger charge is 2.22. The minimum Gasteiger partial charge on any atom is -0.342 e. The molecule has 0 saturated heterocycles. The number of hydrogen-bond acceptors (Lipinski definition) is 4. The van der Waals surface area contributed by atoms with Crippen LogP contribution in [0.3, 0.4) is 0 Å². The van der Waals surface area contributed by atoms with Crippen molar-refractivity contribution in [1.82, 2.24) is 30.2 Å². The van der Waals surface area contributed by atoms with Crippen molar-refractivity contribution in [3.8, 4) is 0 Å². The van der Waals surface area contributed by atoms with Crippen LogP contribution in [0.5, 0.6) is 0 Å². The maximum atomic E-state index is 12.8. The van der Waals surface area contributed by atoms with Crippen molar-refractivity contribution in [3.05, 3.63) is 90.3 Å². The lowest BCUT2D eigenvalue weighted by molar-refractivity contribution is 0.0929. The molecule has 0 aliphatic carbocycles. The molecular weight excluding hydrogens is 364 g/mol. The van der Waals surface area contributed by atoms with Crippen LogP contribution < -0.4 is 5.32 Å². The van der Waals surface area contributed by atoms with Gasteiger partial charge in [-0.1, -0.05) is 30.3 Å². The molecule has 142 valence electrons. The van der Waals surface area contributed by atoms with Crippen LogP contribution in [0.25, 0.3) is 22.1 Å². The van der Waals surface area contributed by atoms with Gasteiger partial charge >= 0.3 is 0 Å². The number of imidazole rings is 2. The average molecular weight is 382 g/mol. The molecule has 5 rings (SSSR count). The van der Waals surface area contributed by atoms with E-state index in [4.69, 9.17) is 0 Å². The Hall–Kier alpha value is -4.00. The molecule has 7 heteroatoms. The number of para-hydroxylation sites is 4. The van der Waals surface area contributed by atoms with Crippen molar-refractivity contribution in [2.75, 3.05) is 0 Å². The van der Waals surface area contributed by atoms with Gasteiger partial charge in [-0.3, -0.25) is 9.78 Å². The van der Waals surface area contributed by atoms with E-state index in [9.17, 15) is 4.79 Å². The Morgan fingerprint density at radius 1 is 0.862 bits per heavy atom. The number of benzene rings is 2. The van der Waals surface area contributed by atoms with Gasteiger partial charge in [0, 0.05) is 12.6 Å². The monoisotopic (exact) mass is 382 g/mol. The zero-order valence-electron chi connectivity index (χ0n) is 15.5. The number of nitrogens with zero attached hydrogens (tertiary/aromatic N) is 3. The first-order valence-electron chi connectivity index (χ1n) is 9.36. The summed E-state index contributed by atoms with van der Waals surface area (Å²) in [6.45, 7) is 0. The van der Waals surface area contributed by atoms with E-state index in [-0.39, 0.29) is 5.91 Å². The van der Waals surface area contributed by atoms with E-state index in [1.54, 1.807) is 24.4 Å². The number of fused-ring (bicyclic) bond motifs is 2. The fourth-order valence-electron chi connectivity index (χ4n) is 3.38. The van der Waals surface area contributed by atoms with Crippen molar-refractivity contribution >= 4 is 28.0 Å². The minimum absolute atomic E-state index is 0.257. The molecule has 3 N–H and O–H groups in total. The number of aromatic amines is 2. The van der Waals surface area contributed by atoms with Gasteiger partial charge in [0.2, 0.25) is 0 Å². The van der Waals surface area contributed by atoms with E-state index in [1.165, 1.54) is 0 Å². The Labute approximate surface area is 166 Å². The van der Waals surface area contributed by atoms with E-state index < -0.39 is 6.04 Å². The Balaban J connectivity index is 1.50. The summed E-state index contributed by atoms with van der Waals surface area (Å²) < 4.78 is 0. The van der Waals surface area contributed by atoms with Gasteiger partial charge in [0.1, 0.15) is 17.3 Å². The van der Waals surface area contributed by atoms with Gasteiger partial charge in [0.15, 0.2) is 0 Å². The number of carbonyl (C=O) groups is 1. The number of hydrogen-bond donors (Lipinski definition) is 3. The van der Waals surface area contributed by atoms with Crippen LogP contribution in [-0.4, -0.2) is 30.8 Å². The molecule has 3 heterocycles. The number of pyridine rings is 1. The molecule has 3 aromatic heterocycles.